The van der Waals surface area contributed by atoms with Crippen LogP contribution in [0.4, 0.5) is 4.39 Å². The molecule has 5 nitrogen and oxygen atoms in total. The van der Waals surface area contributed by atoms with Gasteiger partial charge >= 0.3 is 5.97 Å². The zero-order valence-electron chi connectivity index (χ0n) is 7.69. The van der Waals surface area contributed by atoms with Crippen molar-refractivity contribution in [3.63, 3.8) is 0 Å². The lowest BCUT2D eigenvalue weighted by Crippen LogP contribution is -2.19. The maximum absolute atomic E-state index is 12.9. The van der Waals surface area contributed by atoms with Gasteiger partial charge in [0.1, 0.15) is 5.82 Å². The smallest absolute Gasteiger partial charge is 0.338 e. The molecule has 0 bridgehead atoms. The minimum atomic E-state index is -3.75. The van der Waals surface area contributed by atoms with Crippen LogP contribution in [0, 0.1) is 5.82 Å². The fourth-order valence-electron chi connectivity index (χ4n) is 0.953. The van der Waals surface area contributed by atoms with Crippen molar-refractivity contribution in [2.45, 2.75) is 4.90 Å². The second-order valence-electron chi connectivity index (χ2n) is 2.65. The molecule has 1 aromatic rings. The number of rotatable bonds is 3. The van der Waals surface area contributed by atoms with Crippen LogP contribution in [0.5, 0.6) is 0 Å². The van der Waals surface area contributed by atoms with Crippen molar-refractivity contribution < 1.29 is 22.7 Å². The zero-order chi connectivity index (χ0) is 11.6. The molecule has 0 unspecified atom stereocenters. The third-order valence-electron chi connectivity index (χ3n) is 1.75. The highest BCUT2D eigenvalue weighted by molar-refractivity contribution is 7.89. The monoisotopic (exact) mass is 233 g/mol. The fraction of sp³-hybridized carbons (Fsp3) is 0.125. The summed E-state index contributed by atoms with van der Waals surface area (Å²) in [5.74, 6) is -2.49. The Morgan fingerprint density at radius 1 is 1.47 bits per heavy atom. The summed E-state index contributed by atoms with van der Waals surface area (Å²) in [6, 6.07) is 2.56. The Morgan fingerprint density at radius 3 is 2.53 bits per heavy atom. The van der Waals surface area contributed by atoms with Gasteiger partial charge in [0.05, 0.1) is 10.5 Å². The van der Waals surface area contributed by atoms with Crippen molar-refractivity contribution in [2.75, 3.05) is 7.05 Å². The quantitative estimate of drug-likeness (QED) is 0.793. The van der Waals surface area contributed by atoms with E-state index in [0.29, 0.717) is 0 Å². The molecule has 1 rings (SSSR count). The van der Waals surface area contributed by atoms with Crippen LogP contribution in [0.2, 0.25) is 0 Å². The molecule has 2 N–H and O–H groups in total. The number of carboxylic acid groups (broad SMARTS) is 1. The van der Waals surface area contributed by atoms with Crippen molar-refractivity contribution in [3.05, 3.63) is 29.6 Å². The first kappa shape index (κ1) is 11.6. The van der Waals surface area contributed by atoms with Gasteiger partial charge in [0, 0.05) is 0 Å². The lowest BCUT2D eigenvalue weighted by Gasteiger charge is -2.03. The highest BCUT2D eigenvalue weighted by Gasteiger charge is 2.17. The number of hydrogen-bond acceptors (Lipinski definition) is 3. The maximum atomic E-state index is 12.9. The summed E-state index contributed by atoms with van der Waals surface area (Å²) in [4.78, 5) is 10.2. The average Bonchev–Trinajstić information content (AvgIpc) is 2.17. The molecule has 15 heavy (non-hydrogen) atoms. The van der Waals surface area contributed by atoms with Crippen LogP contribution in [0.3, 0.4) is 0 Å². The van der Waals surface area contributed by atoms with E-state index in [2.05, 4.69) is 0 Å². The summed E-state index contributed by atoms with van der Waals surface area (Å²) in [7, 11) is -2.57. The van der Waals surface area contributed by atoms with Crippen molar-refractivity contribution in [2.24, 2.45) is 0 Å². The first-order valence-corrected chi connectivity index (χ1v) is 5.33. The standard InChI is InChI=1S/C8H8FNO4S/c1-10-15(13,14)5-2-3-7(9)6(4-5)8(11)12/h2-4,10H,1H3,(H,11,12). The molecule has 0 saturated carbocycles. The number of hydrogen-bond donors (Lipinski definition) is 2. The van der Waals surface area contributed by atoms with Crippen molar-refractivity contribution in [3.8, 4) is 0 Å². The minimum absolute atomic E-state index is 0.288. The van der Waals surface area contributed by atoms with Gasteiger partial charge in [-0.1, -0.05) is 0 Å². The van der Waals surface area contributed by atoms with Gasteiger partial charge in [-0.2, -0.15) is 0 Å². The zero-order valence-corrected chi connectivity index (χ0v) is 8.51. The van der Waals surface area contributed by atoms with E-state index in [9.17, 15) is 17.6 Å². The average molecular weight is 233 g/mol. The number of carboxylic acids is 1. The van der Waals surface area contributed by atoms with Gasteiger partial charge in [-0.3, -0.25) is 0 Å². The number of aromatic carboxylic acids is 1. The Kier molecular flexibility index (Phi) is 3.06. The van der Waals surface area contributed by atoms with E-state index in [0.717, 1.165) is 18.2 Å². The molecule has 0 radical (unpaired) electrons. The molecular formula is C8H8FNO4S. The van der Waals surface area contributed by atoms with Crippen molar-refractivity contribution in [1.29, 1.82) is 0 Å². The van der Waals surface area contributed by atoms with Crippen LogP contribution in [-0.2, 0) is 10.0 Å². The first-order valence-electron chi connectivity index (χ1n) is 3.85. The van der Waals surface area contributed by atoms with Crippen LogP contribution in [0.15, 0.2) is 23.1 Å². The molecule has 82 valence electrons. The van der Waals surface area contributed by atoms with Crippen LogP contribution in [-0.4, -0.2) is 26.5 Å². The Bertz CT molecular complexity index is 497. The molecule has 0 heterocycles. The van der Waals surface area contributed by atoms with Crippen molar-refractivity contribution >= 4 is 16.0 Å². The number of sulfonamides is 1. The summed E-state index contributed by atoms with van der Waals surface area (Å²) in [5, 5.41) is 8.57. The number of carbonyl (C=O) groups is 1. The third kappa shape index (κ3) is 2.31. The molecule has 1 aromatic carbocycles. The van der Waals surface area contributed by atoms with E-state index in [1.54, 1.807) is 0 Å². The molecule has 0 spiro atoms. The Labute approximate surface area is 85.6 Å². The highest BCUT2D eigenvalue weighted by atomic mass is 32.2. The van der Waals surface area contributed by atoms with Gasteiger partial charge in [0.25, 0.3) is 0 Å². The lowest BCUT2D eigenvalue weighted by atomic mass is 10.2. The molecule has 0 atom stereocenters. The van der Waals surface area contributed by atoms with Gasteiger partial charge in [-0.05, 0) is 25.2 Å². The molecule has 0 amide bonds. The molecule has 0 saturated heterocycles. The largest absolute Gasteiger partial charge is 0.478 e. The van der Waals surface area contributed by atoms with Crippen LogP contribution < -0.4 is 4.72 Å². The summed E-state index contributed by atoms with van der Waals surface area (Å²) >= 11 is 0. The summed E-state index contributed by atoms with van der Waals surface area (Å²) in [5.41, 5.74) is -0.675. The molecule has 0 aliphatic carbocycles. The molecule has 0 aliphatic heterocycles. The predicted molar refractivity (Wildman–Crippen MR) is 49.6 cm³/mol. The van der Waals surface area contributed by atoms with Gasteiger partial charge in [0.2, 0.25) is 10.0 Å². The molecular weight excluding hydrogens is 225 g/mol. The highest BCUT2D eigenvalue weighted by Crippen LogP contribution is 2.14. The molecule has 0 aliphatic rings. The SMILES string of the molecule is CNS(=O)(=O)c1ccc(F)c(C(=O)O)c1. The molecule has 0 aromatic heterocycles. The van der Waals surface area contributed by atoms with E-state index in [4.69, 9.17) is 5.11 Å². The number of halogens is 1. The van der Waals surface area contributed by atoms with Crippen molar-refractivity contribution in [1.82, 2.24) is 4.72 Å². The van der Waals surface area contributed by atoms with Crippen LogP contribution >= 0.6 is 0 Å². The summed E-state index contributed by atoms with van der Waals surface area (Å²) in [6.45, 7) is 0. The van der Waals surface area contributed by atoms with Gasteiger partial charge < -0.3 is 5.11 Å². The summed E-state index contributed by atoms with van der Waals surface area (Å²) in [6.07, 6.45) is 0. The third-order valence-corrected chi connectivity index (χ3v) is 3.16. The van der Waals surface area contributed by atoms with E-state index in [1.807, 2.05) is 4.72 Å². The molecule has 0 fully saturated rings. The Balaban J connectivity index is 3.38. The van der Waals surface area contributed by atoms with Crippen LogP contribution in [0.1, 0.15) is 10.4 Å². The fourth-order valence-corrected chi connectivity index (χ4v) is 1.71. The lowest BCUT2D eigenvalue weighted by molar-refractivity contribution is 0.0691. The van der Waals surface area contributed by atoms with E-state index in [-0.39, 0.29) is 4.90 Å². The predicted octanol–water partition coefficient (Wildman–Crippen LogP) is 0.432. The van der Waals surface area contributed by atoms with E-state index >= 15 is 0 Å². The van der Waals surface area contributed by atoms with Gasteiger partial charge in [0.15, 0.2) is 0 Å². The minimum Gasteiger partial charge on any atom is -0.478 e. The molecule has 7 heteroatoms. The topological polar surface area (TPSA) is 83.5 Å². The van der Waals surface area contributed by atoms with Gasteiger partial charge in [-0.25, -0.2) is 22.3 Å². The maximum Gasteiger partial charge on any atom is 0.338 e. The number of benzene rings is 1. The van der Waals surface area contributed by atoms with Crippen LogP contribution in [0.25, 0.3) is 0 Å². The van der Waals surface area contributed by atoms with Gasteiger partial charge in [-0.15, -0.1) is 0 Å². The number of nitrogens with one attached hydrogen (secondary N) is 1. The van der Waals surface area contributed by atoms with E-state index < -0.39 is 27.4 Å². The van der Waals surface area contributed by atoms with E-state index in [1.165, 1.54) is 7.05 Å². The second kappa shape index (κ2) is 3.95. The second-order valence-corrected chi connectivity index (χ2v) is 4.54. The first-order chi connectivity index (χ1) is 6.88. The Morgan fingerprint density at radius 2 is 2.07 bits per heavy atom. The summed E-state index contributed by atoms with van der Waals surface area (Å²) < 4.78 is 37.4. The normalized spacial score (nSPS) is 11.3. The Hall–Kier alpha value is -1.47.